The van der Waals surface area contributed by atoms with E-state index in [1.807, 2.05) is 0 Å². The van der Waals surface area contributed by atoms with E-state index in [0.29, 0.717) is 5.17 Å². The molecule has 2 N–H and O–H groups in total. The van der Waals surface area contributed by atoms with E-state index in [-0.39, 0.29) is 41.4 Å². The maximum Gasteiger partial charge on any atom is 0.240 e. The van der Waals surface area contributed by atoms with Crippen molar-refractivity contribution >= 4 is 40.3 Å². The van der Waals surface area contributed by atoms with Crippen LogP contribution < -0.4 is 10.6 Å². The van der Waals surface area contributed by atoms with Crippen LogP contribution in [0.1, 0.15) is 50.5 Å². The lowest BCUT2D eigenvalue weighted by Gasteiger charge is -2.10. The van der Waals surface area contributed by atoms with Gasteiger partial charge in [0, 0.05) is 23.6 Å². The van der Waals surface area contributed by atoms with Crippen LogP contribution in [0.2, 0.25) is 5.02 Å². The molecule has 5 nitrogen and oxygen atoms in total. The number of nitrogens with one attached hydrogen (secondary N) is 2. The van der Waals surface area contributed by atoms with Gasteiger partial charge in [-0.05, 0) is 25.0 Å². The van der Waals surface area contributed by atoms with E-state index in [1.54, 1.807) is 6.07 Å². The molecule has 0 spiro atoms. The van der Waals surface area contributed by atoms with Gasteiger partial charge in [0.2, 0.25) is 11.8 Å². The second kappa shape index (κ2) is 9.55. The normalized spacial score (nSPS) is 22.5. The molecule has 1 aromatic carbocycles. The first-order chi connectivity index (χ1) is 13.0. The van der Waals surface area contributed by atoms with E-state index in [1.165, 1.54) is 49.6 Å². The highest BCUT2D eigenvalue weighted by Gasteiger charge is 2.32. The number of amidine groups is 1. The van der Waals surface area contributed by atoms with Gasteiger partial charge in [-0.25, -0.2) is 4.39 Å². The third-order valence-corrected chi connectivity index (χ3v) is 6.25. The Bertz CT molecular complexity index is 715. The summed E-state index contributed by atoms with van der Waals surface area (Å²) in [5.41, 5.74) is 0.242. The molecule has 1 heterocycles. The summed E-state index contributed by atoms with van der Waals surface area (Å²) in [7, 11) is 0. The molecule has 8 heteroatoms. The number of nitrogens with zero attached hydrogens (tertiary/aromatic N) is 1. The fourth-order valence-electron chi connectivity index (χ4n) is 3.28. The molecule has 1 saturated heterocycles. The first-order valence-corrected chi connectivity index (χ1v) is 10.5. The SMILES string of the molecule is O=C(CC1SC(=NC2CCCCCC2)NC1=O)NCc1c(F)cccc1Cl. The van der Waals surface area contributed by atoms with Crippen molar-refractivity contribution in [1.29, 1.82) is 0 Å². The highest BCUT2D eigenvalue weighted by Crippen LogP contribution is 2.26. The van der Waals surface area contributed by atoms with Crippen molar-refractivity contribution in [3.05, 3.63) is 34.6 Å². The van der Waals surface area contributed by atoms with Gasteiger partial charge in [-0.1, -0.05) is 55.1 Å². The molecule has 3 rings (SSSR count). The first kappa shape index (κ1) is 20.1. The highest BCUT2D eigenvalue weighted by atomic mass is 35.5. The fourth-order valence-corrected chi connectivity index (χ4v) is 4.55. The Kier molecular flexibility index (Phi) is 7.13. The second-order valence-electron chi connectivity index (χ2n) is 6.86. The molecular weight excluding hydrogens is 389 g/mol. The topological polar surface area (TPSA) is 70.6 Å². The van der Waals surface area contributed by atoms with Crippen LogP contribution in [0.25, 0.3) is 0 Å². The number of thioether (sulfide) groups is 1. The lowest BCUT2D eigenvalue weighted by Crippen LogP contribution is -2.31. The van der Waals surface area contributed by atoms with Crippen molar-refractivity contribution in [1.82, 2.24) is 10.6 Å². The Balaban J connectivity index is 1.51. The smallest absolute Gasteiger partial charge is 0.240 e. The Labute approximate surface area is 167 Å². The van der Waals surface area contributed by atoms with Crippen LogP contribution in [0.15, 0.2) is 23.2 Å². The molecule has 0 aromatic heterocycles. The maximum absolute atomic E-state index is 13.8. The molecule has 1 aliphatic carbocycles. The van der Waals surface area contributed by atoms with Gasteiger partial charge in [-0.3, -0.25) is 14.6 Å². The number of rotatable bonds is 5. The summed E-state index contributed by atoms with van der Waals surface area (Å²) in [5, 5.41) is 5.79. The maximum atomic E-state index is 13.8. The quantitative estimate of drug-likeness (QED) is 0.724. The van der Waals surface area contributed by atoms with Gasteiger partial charge >= 0.3 is 0 Å². The lowest BCUT2D eigenvalue weighted by atomic mass is 10.1. The Morgan fingerprint density at radius 1 is 1.30 bits per heavy atom. The van der Waals surface area contributed by atoms with Crippen LogP contribution >= 0.6 is 23.4 Å². The van der Waals surface area contributed by atoms with Crippen molar-refractivity contribution in [2.45, 2.75) is 62.8 Å². The Hall–Kier alpha value is -1.60. The van der Waals surface area contributed by atoms with Gasteiger partial charge in [0.05, 0.1) is 6.04 Å². The van der Waals surface area contributed by atoms with Gasteiger partial charge in [-0.15, -0.1) is 0 Å². The van der Waals surface area contributed by atoms with Crippen LogP contribution in [0.4, 0.5) is 4.39 Å². The third kappa shape index (κ3) is 5.69. The van der Waals surface area contributed by atoms with Crippen LogP contribution in [-0.4, -0.2) is 28.3 Å². The molecule has 1 unspecified atom stereocenters. The predicted molar refractivity (Wildman–Crippen MR) is 106 cm³/mol. The summed E-state index contributed by atoms with van der Waals surface area (Å²) in [5.74, 6) is -0.988. The van der Waals surface area contributed by atoms with E-state index in [0.717, 1.165) is 12.8 Å². The number of amides is 2. The van der Waals surface area contributed by atoms with E-state index < -0.39 is 11.1 Å². The number of hydrogen-bond acceptors (Lipinski definition) is 4. The second-order valence-corrected chi connectivity index (χ2v) is 8.46. The summed E-state index contributed by atoms with van der Waals surface area (Å²) in [6, 6.07) is 4.63. The molecular formula is C19H23ClFN3O2S. The van der Waals surface area contributed by atoms with Gasteiger partial charge in [0.25, 0.3) is 0 Å². The van der Waals surface area contributed by atoms with Crippen molar-refractivity contribution in [2.24, 2.45) is 4.99 Å². The van der Waals surface area contributed by atoms with E-state index in [4.69, 9.17) is 11.6 Å². The molecule has 0 radical (unpaired) electrons. The standard InChI is InChI=1S/C19H23ClFN3O2S/c20-14-8-5-9-15(21)13(14)11-22-17(25)10-16-18(26)24-19(27-16)23-12-6-3-1-2-4-7-12/h5,8-9,12,16H,1-4,6-7,10-11H2,(H,22,25)(H,23,24,26). The summed E-state index contributed by atoms with van der Waals surface area (Å²) < 4.78 is 13.8. The van der Waals surface area contributed by atoms with E-state index >= 15 is 0 Å². The van der Waals surface area contributed by atoms with Gasteiger partial charge in [0.15, 0.2) is 5.17 Å². The van der Waals surface area contributed by atoms with Gasteiger partial charge in [-0.2, -0.15) is 0 Å². The summed E-state index contributed by atoms with van der Waals surface area (Å²) in [4.78, 5) is 29.0. The minimum atomic E-state index is -0.509. The molecule has 1 atom stereocenters. The molecule has 2 aliphatic rings. The number of aliphatic imine (C=N–C) groups is 1. The van der Waals surface area contributed by atoms with Crippen LogP contribution in [0.3, 0.4) is 0 Å². The van der Waals surface area contributed by atoms with Gasteiger partial charge in [0.1, 0.15) is 11.1 Å². The lowest BCUT2D eigenvalue weighted by molar-refractivity contribution is -0.125. The number of hydrogen-bond donors (Lipinski definition) is 2. The van der Waals surface area contributed by atoms with Crippen LogP contribution in [0, 0.1) is 5.82 Å². The molecule has 27 heavy (non-hydrogen) atoms. The summed E-state index contributed by atoms with van der Waals surface area (Å²) in [6.07, 6.45) is 6.95. The average Bonchev–Trinajstić information content (AvgIpc) is 2.82. The number of halogens is 2. The Morgan fingerprint density at radius 3 is 2.74 bits per heavy atom. The van der Waals surface area contributed by atoms with Crippen molar-refractivity contribution in [3.8, 4) is 0 Å². The average molecular weight is 412 g/mol. The minimum Gasteiger partial charge on any atom is -0.352 e. The largest absolute Gasteiger partial charge is 0.352 e. The minimum absolute atomic E-state index is 0.00757. The molecule has 1 saturated carbocycles. The molecule has 2 fully saturated rings. The molecule has 146 valence electrons. The first-order valence-electron chi connectivity index (χ1n) is 9.28. The number of carbonyl (C=O) groups is 2. The zero-order valence-electron chi connectivity index (χ0n) is 15.0. The van der Waals surface area contributed by atoms with E-state index in [2.05, 4.69) is 15.6 Å². The van der Waals surface area contributed by atoms with Crippen LogP contribution in [-0.2, 0) is 16.1 Å². The molecule has 0 bridgehead atoms. The highest BCUT2D eigenvalue weighted by molar-refractivity contribution is 8.15. The monoisotopic (exact) mass is 411 g/mol. The Morgan fingerprint density at radius 2 is 2.04 bits per heavy atom. The fraction of sp³-hybridized carbons (Fsp3) is 0.526. The third-order valence-electron chi connectivity index (χ3n) is 4.80. The van der Waals surface area contributed by atoms with Crippen molar-refractivity contribution in [3.63, 3.8) is 0 Å². The molecule has 1 aromatic rings. The van der Waals surface area contributed by atoms with Crippen molar-refractivity contribution < 1.29 is 14.0 Å². The van der Waals surface area contributed by atoms with Crippen molar-refractivity contribution in [2.75, 3.05) is 0 Å². The zero-order valence-corrected chi connectivity index (χ0v) is 16.5. The summed E-state index contributed by atoms with van der Waals surface area (Å²) >= 11 is 7.26. The molecule has 2 amide bonds. The van der Waals surface area contributed by atoms with E-state index in [9.17, 15) is 14.0 Å². The number of carbonyl (C=O) groups excluding carboxylic acids is 2. The van der Waals surface area contributed by atoms with Gasteiger partial charge < -0.3 is 10.6 Å². The molecule has 1 aliphatic heterocycles. The predicted octanol–water partition coefficient (Wildman–Crippen LogP) is 3.80. The number of benzene rings is 1. The summed E-state index contributed by atoms with van der Waals surface area (Å²) in [6.45, 7) is -0.00757. The zero-order chi connectivity index (χ0) is 19.2. The van der Waals surface area contributed by atoms with Crippen LogP contribution in [0.5, 0.6) is 0 Å².